The summed E-state index contributed by atoms with van der Waals surface area (Å²) in [6, 6.07) is 9.61. The van der Waals surface area contributed by atoms with E-state index in [4.69, 9.17) is 0 Å². The van der Waals surface area contributed by atoms with Gasteiger partial charge in [0.15, 0.2) is 5.65 Å². The maximum Gasteiger partial charge on any atom is 0.158 e. The van der Waals surface area contributed by atoms with E-state index in [-0.39, 0.29) is 6.04 Å². The number of aromatic hydroxyl groups is 1. The Kier molecular flexibility index (Phi) is 3.48. The van der Waals surface area contributed by atoms with Crippen molar-refractivity contribution >= 4 is 16.7 Å². The van der Waals surface area contributed by atoms with Gasteiger partial charge in [-0.05, 0) is 26.0 Å². The molecule has 21 heavy (non-hydrogen) atoms. The zero-order valence-electron chi connectivity index (χ0n) is 12.1. The van der Waals surface area contributed by atoms with Crippen LogP contribution in [0.25, 0.3) is 11.0 Å². The molecule has 3 aromatic rings. The number of benzene rings is 1. The average Bonchev–Trinajstić information content (AvgIpc) is 2.89. The summed E-state index contributed by atoms with van der Waals surface area (Å²) >= 11 is 0. The third-order valence-corrected chi connectivity index (χ3v) is 3.40. The molecule has 2 aromatic heterocycles. The number of nitrogens with zero attached hydrogens (tertiary/aromatic N) is 3. The lowest BCUT2D eigenvalue weighted by Crippen LogP contribution is -2.04. The molecule has 0 unspecified atom stereocenters. The van der Waals surface area contributed by atoms with Crippen molar-refractivity contribution in [1.82, 2.24) is 14.8 Å². The van der Waals surface area contributed by atoms with Gasteiger partial charge in [0.05, 0.1) is 18.1 Å². The van der Waals surface area contributed by atoms with Gasteiger partial charge in [-0.15, -0.1) is 0 Å². The fourth-order valence-corrected chi connectivity index (χ4v) is 2.27. The van der Waals surface area contributed by atoms with E-state index in [1.165, 1.54) is 0 Å². The number of pyridine rings is 1. The molecule has 0 spiro atoms. The fourth-order valence-electron chi connectivity index (χ4n) is 2.27. The normalized spacial score (nSPS) is 11.2. The molecule has 0 aliphatic heterocycles. The minimum atomic E-state index is 0.287. The van der Waals surface area contributed by atoms with Crippen LogP contribution in [0.15, 0.2) is 42.7 Å². The van der Waals surface area contributed by atoms with Gasteiger partial charge in [0.25, 0.3) is 0 Å². The van der Waals surface area contributed by atoms with Crippen molar-refractivity contribution in [3.63, 3.8) is 0 Å². The van der Waals surface area contributed by atoms with Crippen LogP contribution in [0.2, 0.25) is 0 Å². The lowest BCUT2D eigenvalue weighted by Gasteiger charge is -2.09. The molecule has 0 aliphatic rings. The van der Waals surface area contributed by atoms with E-state index in [0.717, 1.165) is 22.3 Å². The first-order chi connectivity index (χ1) is 10.1. The molecule has 0 radical (unpaired) electrons. The molecule has 0 aliphatic carbocycles. The number of hydrogen-bond acceptors (Lipinski definition) is 4. The average molecular weight is 282 g/mol. The Morgan fingerprint density at radius 3 is 2.81 bits per heavy atom. The van der Waals surface area contributed by atoms with E-state index in [1.807, 2.05) is 35.1 Å². The predicted octanol–water partition coefficient (Wildman–Crippen LogP) is 3.33. The molecular weight excluding hydrogens is 264 g/mol. The minimum Gasteiger partial charge on any atom is -0.508 e. The topological polar surface area (TPSA) is 63.0 Å². The van der Waals surface area contributed by atoms with Gasteiger partial charge in [-0.3, -0.25) is 0 Å². The van der Waals surface area contributed by atoms with Crippen LogP contribution < -0.4 is 5.32 Å². The second-order valence-electron chi connectivity index (χ2n) is 5.30. The summed E-state index contributed by atoms with van der Waals surface area (Å²) in [7, 11) is 0. The van der Waals surface area contributed by atoms with Crippen LogP contribution in [0.1, 0.15) is 25.5 Å². The predicted molar refractivity (Wildman–Crippen MR) is 83.3 cm³/mol. The molecule has 2 N–H and O–H groups in total. The number of nitrogens with one attached hydrogen (secondary N) is 1. The van der Waals surface area contributed by atoms with E-state index >= 15 is 0 Å². The Labute approximate surface area is 123 Å². The third-order valence-electron chi connectivity index (χ3n) is 3.40. The highest BCUT2D eigenvalue weighted by Gasteiger charge is 2.08. The highest BCUT2D eigenvalue weighted by Crippen LogP contribution is 2.21. The molecule has 2 heterocycles. The Balaban J connectivity index is 1.81. The van der Waals surface area contributed by atoms with Gasteiger partial charge in [0.2, 0.25) is 0 Å². The summed E-state index contributed by atoms with van der Waals surface area (Å²) in [5, 5.41) is 18.4. The second kappa shape index (κ2) is 5.44. The van der Waals surface area contributed by atoms with Crippen LogP contribution in [-0.4, -0.2) is 19.9 Å². The van der Waals surface area contributed by atoms with Crippen LogP contribution in [0.4, 0.5) is 5.69 Å². The van der Waals surface area contributed by atoms with Gasteiger partial charge >= 0.3 is 0 Å². The van der Waals surface area contributed by atoms with Gasteiger partial charge in [-0.2, -0.15) is 5.10 Å². The Bertz CT molecular complexity index is 764. The number of anilines is 1. The number of rotatable bonds is 4. The quantitative estimate of drug-likeness (QED) is 0.770. The van der Waals surface area contributed by atoms with Crippen molar-refractivity contribution in [2.24, 2.45) is 0 Å². The summed E-state index contributed by atoms with van der Waals surface area (Å²) in [5.41, 5.74) is 2.66. The first-order valence-electron chi connectivity index (χ1n) is 6.99. The van der Waals surface area contributed by atoms with Crippen LogP contribution in [0.5, 0.6) is 5.75 Å². The highest BCUT2D eigenvalue weighted by atomic mass is 16.3. The zero-order valence-corrected chi connectivity index (χ0v) is 12.1. The number of phenolic OH excluding ortho intramolecular Hbond substituents is 1. The summed E-state index contributed by atoms with van der Waals surface area (Å²) in [4.78, 5) is 4.47. The molecule has 1 aromatic carbocycles. The van der Waals surface area contributed by atoms with Crippen molar-refractivity contribution in [3.8, 4) is 5.75 Å². The molecule has 5 nitrogen and oxygen atoms in total. The Hall–Kier alpha value is -2.56. The third kappa shape index (κ3) is 2.67. The van der Waals surface area contributed by atoms with E-state index in [9.17, 15) is 5.11 Å². The van der Waals surface area contributed by atoms with E-state index in [1.54, 1.807) is 12.3 Å². The Morgan fingerprint density at radius 1 is 1.24 bits per heavy atom. The molecule has 3 rings (SSSR count). The number of fused-ring (bicyclic) bond motifs is 1. The summed E-state index contributed by atoms with van der Waals surface area (Å²) in [6.07, 6.45) is 3.62. The van der Waals surface area contributed by atoms with E-state index in [2.05, 4.69) is 29.2 Å². The molecule has 0 atom stereocenters. The number of aromatic nitrogens is 3. The maximum atomic E-state index is 9.76. The van der Waals surface area contributed by atoms with Crippen molar-refractivity contribution < 1.29 is 5.11 Å². The van der Waals surface area contributed by atoms with Gasteiger partial charge in [0, 0.05) is 23.5 Å². The Morgan fingerprint density at radius 2 is 2.05 bits per heavy atom. The SMILES string of the molecule is CC(C)n1ncc2cc(NCc3ccccc3O)cnc21. The molecule has 0 saturated heterocycles. The second-order valence-corrected chi connectivity index (χ2v) is 5.30. The standard InChI is InChI=1S/C16H18N4O/c1-11(2)20-16-13(9-19-20)7-14(10-18-16)17-8-12-5-3-4-6-15(12)21/h3-7,9-11,17,21H,8H2,1-2H3. The largest absolute Gasteiger partial charge is 0.508 e. The lowest BCUT2D eigenvalue weighted by molar-refractivity contribution is 0.469. The maximum absolute atomic E-state index is 9.76. The number of phenols is 1. The van der Waals surface area contributed by atoms with Crippen molar-refractivity contribution in [2.45, 2.75) is 26.4 Å². The molecule has 5 heteroatoms. The van der Waals surface area contributed by atoms with Crippen molar-refractivity contribution in [2.75, 3.05) is 5.32 Å². The van der Waals surface area contributed by atoms with E-state index in [0.29, 0.717) is 12.3 Å². The molecular formula is C16H18N4O. The van der Waals surface area contributed by atoms with Gasteiger partial charge in [0.1, 0.15) is 5.75 Å². The van der Waals surface area contributed by atoms with Gasteiger partial charge in [-0.25, -0.2) is 9.67 Å². The first kappa shape index (κ1) is 13.4. The first-order valence-corrected chi connectivity index (χ1v) is 6.99. The summed E-state index contributed by atoms with van der Waals surface area (Å²) in [5.74, 6) is 0.298. The molecule has 0 saturated carbocycles. The summed E-state index contributed by atoms with van der Waals surface area (Å²) < 4.78 is 1.90. The van der Waals surface area contributed by atoms with E-state index < -0.39 is 0 Å². The highest BCUT2D eigenvalue weighted by molar-refractivity contribution is 5.78. The molecule has 0 amide bonds. The van der Waals surface area contributed by atoms with Gasteiger partial charge in [-0.1, -0.05) is 18.2 Å². The number of hydrogen-bond donors (Lipinski definition) is 2. The van der Waals surface area contributed by atoms with Gasteiger partial charge < -0.3 is 10.4 Å². The number of para-hydroxylation sites is 1. The summed E-state index contributed by atoms with van der Waals surface area (Å²) in [6.45, 7) is 4.72. The molecule has 108 valence electrons. The van der Waals surface area contributed by atoms with Crippen molar-refractivity contribution in [1.29, 1.82) is 0 Å². The minimum absolute atomic E-state index is 0.287. The monoisotopic (exact) mass is 282 g/mol. The molecule has 0 bridgehead atoms. The van der Waals surface area contributed by atoms with Crippen LogP contribution in [0, 0.1) is 0 Å². The van der Waals surface area contributed by atoms with Crippen LogP contribution in [0.3, 0.4) is 0 Å². The van der Waals surface area contributed by atoms with Crippen LogP contribution in [-0.2, 0) is 6.54 Å². The fraction of sp³-hybridized carbons (Fsp3) is 0.250. The zero-order chi connectivity index (χ0) is 14.8. The lowest BCUT2D eigenvalue weighted by atomic mass is 10.2. The smallest absolute Gasteiger partial charge is 0.158 e. The van der Waals surface area contributed by atoms with Crippen molar-refractivity contribution in [3.05, 3.63) is 48.3 Å². The van der Waals surface area contributed by atoms with Crippen LogP contribution >= 0.6 is 0 Å². The molecule has 0 fully saturated rings.